The van der Waals surface area contributed by atoms with Crippen LogP contribution in [0, 0.1) is 17.1 Å². The number of halogens is 2. The fraction of sp³-hybridized carbons (Fsp3) is 0.0556. The SMILES string of the molecule is N#Cc1ccc(/C=C2/SC(=O)N(Cc3ccc(F)cc3Cl)C2=O)cc1. The Labute approximate surface area is 152 Å². The van der Waals surface area contributed by atoms with E-state index in [0.717, 1.165) is 22.7 Å². The highest BCUT2D eigenvalue weighted by Crippen LogP contribution is 2.34. The zero-order valence-corrected chi connectivity index (χ0v) is 14.3. The molecule has 2 aromatic rings. The van der Waals surface area contributed by atoms with E-state index in [1.807, 2.05) is 6.07 Å². The minimum atomic E-state index is -0.483. The number of thioether (sulfide) groups is 1. The van der Waals surface area contributed by atoms with Gasteiger partial charge in [-0.2, -0.15) is 5.26 Å². The highest BCUT2D eigenvalue weighted by molar-refractivity contribution is 8.18. The predicted octanol–water partition coefficient (Wildman–Crippen LogP) is 4.59. The van der Waals surface area contributed by atoms with Gasteiger partial charge in [0.2, 0.25) is 0 Å². The lowest BCUT2D eigenvalue weighted by Gasteiger charge is -2.13. The molecule has 0 atom stereocenters. The van der Waals surface area contributed by atoms with Crippen LogP contribution < -0.4 is 0 Å². The summed E-state index contributed by atoms with van der Waals surface area (Å²) in [5, 5.41) is 8.55. The second kappa shape index (κ2) is 7.09. The summed E-state index contributed by atoms with van der Waals surface area (Å²) in [6.07, 6.45) is 1.60. The van der Waals surface area contributed by atoms with Crippen molar-refractivity contribution in [2.75, 3.05) is 0 Å². The monoisotopic (exact) mass is 372 g/mol. The van der Waals surface area contributed by atoms with Crippen LogP contribution in [0.3, 0.4) is 0 Å². The van der Waals surface area contributed by atoms with Crippen LogP contribution in [-0.2, 0) is 11.3 Å². The lowest BCUT2D eigenvalue weighted by molar-refractivity contribution is -0.123. The molecule has 0 saturated carbocycles. The van der Waals surface area contributed by atoms with Gasteiger partial charge in [0.05, 0.1) is 23.1 Å². The Hall–Kier alpha value is -2.62. The second-order valence-corrected chi connectivity index (χ2v) is 6.64. The molecule has 0 bridgehead atoms. The fourth-order valence-electron chi connectivity index (χ4n) is 2.26. The van der Waals surface area contributed by atoms with Gasteiger partial charge >= 0.3 is 0 Å². The number of hydrogen-bond acceptors (Lipinski definition) is 4. The van der Waals surface area contributed by atoms with Crippen molar-refractivity contribution < 1.29 is 14.0 Å². The van der Waals surface area contributed by atoms with E-state index in [1.54, 1.807) is 30.3 Å². The van der Waals surface area contributed by atoms with E-state index in [9.17, 15) is 14.0 Å². The first-order valence-electron chi connectivity index (χ1n) is 7.17. The molecule has 0 unspecified atom stereocenters. The average molecular weight is 373 g/mol. The van der Waals surface area contributed by atoms with Crippen molar-refractivity contribution in [3.8, 4) is 6.07 Å². The molecule has 2 aromatic carbocycles. The zero-order chi connectivity index (χ0) is 18.0. The lowest BCUT2D eigenvalue weighted by Crippen LogP contribution is -2.27. The summed E-state index contributed by atoms with van der Waals surface area (Å²) in [5.74, 6) is -0.914. The summed E-state index contributed by atoms with van der Waals surface area (Å²) in [5.41, 5.74) is 1.71. The standard InChI is InChI=1S/C18H10ClFN2O2S/c19-15-8-14(20)6-5-13(15)10-22-17(23)16(25-18(22)24)7-11-1-3-12(9-21)4-2-11/h1-8H,10H2/b16-7+. The van der Waals surface area contributed by atoms with Crippen molar-refractivity contribution in [2.45, 2.75) is 6.54 Å². The summed E-state index contributed by atoms with van der Waals surface area (Å²) < 4.78 is 13.1. The molecule has 4 nitrogen and oxygen atoms in total. The number of nitrogens with zero attached hydrogens (tertiary/aromatic N) is 2. The molecule has 25 heavy (non-hydrogen) atoms. The predicted molar refractivity (Wildman–Crippen MR) is 94.1 cm³/mol. The third-order valence-electron chi connectivity index (χ3n) is 3.55. The van der Waals surface area contributed by atoms with Crippen LogP contribution in [0.15, 0.2) is 47.4 Å². The largest absolute Gasteiger partial charge is 0.293 e. The number of benzene rings is 2. The van der Waals surface area contributed by atoms with Gasteiger partial charge in [-0.05, 0) is 53.2 Å². The van der Waals surface area contributed by atoms with Crippen LogP contribution in [0.25, 0.3) is 6.08 Å². The molecule has 124 valence electrons. The molecule has 1 fully saturated rings. The Morgan fingerprint density at radius 3 is 2.56 bits per heavy atom. The first-order chi connectivity index (χ1) is 12.0. The Morgan fingerprint density at radius 1 is 1.20 bits per heavy atom. The van der Waals surface area contributed by atoms with Gasteiger partial charge in [-0.25, -0.2) is 4.39 Å². The van der Waals surface area contributed by atoms with Gasteiger partial charge in [-0.15, -0.1) is 0 Å². The van der Waals surface area contributed by atoms with Crippen molar-refractivity contribution in [3.05, 3.63) is 74.9 Å². The maximum Gasteiger partial charge on any atom is 0.293 e. The molecular formula is C18H10ClFN2O2S. The maximum atomic E-state index is 13.1. The summed E-state index contributed by atoms with van der Waals surface area (Å²) in [6.45, 7) is -0.0194. The third-order valence-corrected chi connectivity index (χ3v) is 4.81. The van der Waals surface area contributed by atoms with Crippen molar-refractivity contribution in [2.24, 2.45) is 0 Å². The van der Waals surface area contributed by atoms with E-state index in [1.165, 1.54) is 12.1 Å². The topological polar surface area (TPSA) is 61.2 Å². The Bertz CT molecular complexity index is 935. The van der Waals surface area contributed by atoms with Gasteiger partial charge in [0.15, 0.2) is 0 Å². The van der Waals surface area contributed by atoms with Gasteiger partial charge in [0.1, 0.15) is 5.82 Å². The quantitative estimate of drug-likeness (QED) is 0.739. The van der Waals surface area contributed by atoms with E-state index in [2.05, 4.69) is 0 Å². The number of nitriles is 1. The van der Waals surface area contributed by atoms with Crippen LogP contribution >= 0.6 is 23.4 Å². The average Bonchev–Trinajstić information content (AvgIpc) is 2.85. The molecule has 2 amide bonds. The number of rotatable bonds is 3. The summed E-state index contributed by atoms with van der Waals surface area (Å²) >= 11 is 6.79. The molecule has 0 aromatic heterocycles. The molecule has 1 aliphatic rings. The maximum absolute atomic E-state index is 13.1. The highest BCUT2D eigenvalue weighted by atomic mass is 35.5. The molecule has 1 heterocycles. The van der Waals surface area contributed by atoms with E-state index in [-0.39, 0.29) is 16.5 Å². The molecule has 7 heteroatoms. The molecule has 1 saturated heterocycles. The highest BCUT2D eigenvalue weighted by Gasteiger charge is 2.35. The number of carbonyl (C=O) groups excluding carboxylic acids is 2. The molecule has 3 rings (SSSR count). The minimum Gasteiger partial charge on any atom is -0.268 e. The van der Waals surface area contributed by atoms with E-state index >= 15 is 0 Å². The third kappa shape index (κ3) is 3.73. The Morgan fingerprint density at radius 2 is 1.92 bits per heavy atom. The van der Waals surface area contributed by atoms with Crippen molar-refractivity contribution in [1.82, 2.24) is 4.90 Å². The number of amides is 2. The van der Waals surface area contributed by atoms with Crippen LogP contribution in [0.5, 0.6) is 0 Å². The first kappa shape index (κ1) is 17.2. The van der Waals surface area contributed by atoms with Crippen LogP contribution in [-0.4, -0.2) is 16.0 Å². The van der Waals surface area contributed by atoms with Crippen LogP contribution in [0.4, 0.5) is 9.18 Å². The van der Waals surface area contributed by atoms with Crippen LogP contribution in [0.2, 0.25) is 5.02 Å². The number of hydrogen-bond donors (Lipinski definition) is 0. The van der Waals surface area contributed by atoms with Gasteiger partial charge in [0.25, 0.3) is 11.1 Å². The lowest BCUT2D eigenvalue weighted by atomic mass is 10.1. The Kier molecular flexibility index (Phi) is 4.88. The van der Waals surface area contributed by atoms with Gasteiger partial charge in [-0.3, -0.25) is 14.5 Å². The summed E-state index contributed by atoms with van der Waals surface area (Å²) in [7, 11) is 0. The van der Waals surface area contributed by atoms with Gasteiger partial charge in [0, 0.05) is 5.02 Å². The number of imide groups is 1. The Balaban J connectivity index is 1.82. The molecule has 0 N–H and O–H groups in total. The minimum absolute atomic E-state index is 0.0194. The van der Waals surface area contributed by atoms with Crippen molar-refractivity contribution in [3.63, 3.8) is 0 Å². The van der Waals surface area contributed by atoms with Gasteiger partial charge < -0.3 is 0 Å². The zero-order valence-electron chi connectivity index (χ0n) is 12.7. The molecule has 0 spiro atoms. The molecule has 0 radical (unpaired) electrons. The van der Waals surface area contributed by atoms with Crippen LogP contribution in [0.1, 0.15) is 16.7 Å². The second-order valence-electron chi connectivity index (χ2n) is 5.24. The molecule has 1 aliphatic heterocycles. The fourth-order valence-corrected chi connectivity index (χ4v) is 3.33. The van der Waals surface area contributed by atoms with E-state index in [0.29, 0.717) is 16.7 Å². The van der Waals surface area contributed by atoms with Gasteiger partial charge in [-0.1, -0.05) is 29.8 Å². The molecular weight excluding hydrogens is 363 g/mol. The molecule has 0 aliphatic carbocycles. The number of carbonyl (C=O) groups is 2. The first-order valence-corrected chi connectivity index (χ1v) is 8.37. The van der Waals surface area contributed by atoms with Crippen molar-refractivity contribution >= 4 is 40.6 Å². The van der Waals surface area contributed by atoms with Crippen molar-refractivity contribution in [1.29, 1.82) is 5.26 Å². The van der Waals surface area contributed by atoms with E-state index in [4.69, 9.17) is 16.9 Å². The summed E-state index contributed by atoms with van der Waals surface area (Å²) in [4.78, 5) is 26.0. The smallest absolute Gasteiger partial charge is 0.268 e. The summed E-state index contributed by atoms with van der Waals surface area (Å²) in [6, 6.07) is 12.5. The van der Waals surface area contributed by atoms with E-state index < -0.39 is 17.0 Å². The normalized spacial score (nSPS) is 15.7.